The number of likely N-dealkylation sites (tertiary alicyclic amines) is 1. The van der Waals surface area contributed by atoms with E-state index < -0.39 is 0 Å². The number of carbonyl (C=O) groups excluding carboxylic acids is 2. The molecule has 1 aromatic carbocycles. The van der Waals surface area contributed by atoms with Crippen LogP contribution in [-0.2, 0) is 20.9 Å². The lowest BCUT2D eigenvalue weighted by atomic mass is 9.84. The van der Waals surface area contributed by atoms with Gasteiger partial charge in [0, 0.05) is 51.5 Å². The SMILES string of the molecule is CN(C1CCOCC1)[C@H]1C[C@H]2C(=O)NC3(CCN(Cc4ccccc4)CC3)CC(=O)N2C1. The lowest BCUT2D eigenvalue weighted by Gasteiger charge is -2.41. The van der Waals surface area contributed by atoms with Crippen molar-refractivity contribution in [3.8, 4) is 0 Å². The normalized spacial score (nSPS) is 29.2. The molecule has 4 saturated heterocycles. The minimum atomic E-state index is -0.381. The van der Waals surface area contributed by atoms with Crippen LogP contribution in [0.1, 0.15) is 44.1 Å². The first kappa shape index (κ1) is 21.9. The Bertz CT molecular complexity index is 790. The van der Waals surface area contributed by atoms with Crippen molar-refractivity contribution in [1.82, 2.24) is 20.0 Å². The summed E-state index contributed by atoms with van der Waals surface area (Å²) in [6.45, 7) is 5.01. The molecule has 4 fully saturated rings. The fraction of sp³-hybridized carbons (Fsp3) is 0.680. The van der Waals surface area contributed by atoms with Crippen LogP contribution < -0.4 is 5.32 Å². The Morgan fingerprint density at radius 2 is 1.81 bits per heavy atom. The zero-order chi connectivity index (χ0) is 22.1. The average molecular weight is 441 g/mol. The maximum atomic E-state index is 13.3. The van der Waals surface area contributed by atoms with E-state index in [1.165, 1.54) is 5.56 Å². The summed E-state index contributed by atoms with van der Waals surface area (Å²) in [5.74, 6) is 0.197. The van der Waals surface area contributed by atoms with Gasteiger partial charge in [0.15, 0.2) is 0 Å². The molecule has 4 heterocycles. The van der Waals surface area contributed by atoms with Crippen LogP contribution in [-0.4, -0.2) is 90.1 Å². The number of rotatable bonds is 4. The van der Waals surface area contributed by atoms with E-state index in [0.717, 1.165) is 65.0 Å². The summed E-state index contributed by atoms with van der Waals surface area (Å²) >= 11 is 0. The molecule has 4 aliphatic heterocycles. The summed E-state index contributed by atoms with van der Waals surface area (Å²) in [5.41, 5.74) is 0.929. The lowest BCUT2D eigenvalue weighted by molar-refractivity contribution is -0.135. The third kappa shape index (κ3) is 4.43. The molecule has 32 heavy (non-hydrogen) atoms. The molecule has 0 bridgehead atoms. The van der Waals surface area contributed by atoms with Gasteiger partial charge < -0.3 is 15.0 Å². The summed E-state index contributed by atoms with van der Waals surface area (Å²) in [7, 11) is 2.15. The molecule has 2 atom stereocenters. The van der Waals surface area contributed by atoms with Gasteiger partial charge in [-0.25, -0.2) is 0 Å². The maximum absolute atomic E-state index is 13.3. The van der Waals surface area contributed by atoms with E-state index in [-0.39, 0.29) is 29.4 Å². The molecule has 1 aromatic rings. The fourth-order valence-corrected chi connectivity index (χ4v) is 6.09. The van der Waals surface area contributed by atoms with E-state index in [2.05, 4.69) is 46.4 Å². The van der Waals surface area contributed by atoms with E-state index in [9.17, 15) is 9.59 Å². The lowest BCUT2D eigenvalue weighted by Crippen LogP contribution is -2.56. The number of amides is 2. The second kappa shape index (κ2) is 9.12. The number of nitrogens with one attached hydrogen (secondary N) is 1. The number of piperidine rings is 1. The molecule has 1 N–H and O–H groups in total. The molecule has 0 aliphatic carbocycles. The number of benzene rings is 1. The number of likely N-dealkylation sites (N-methyl/N-ethyl adjacent to an activating group) is 1. The molecule has 0 unspecified atom stereocenters. The Balaban J connectivity index is 1.20. The smallest absolute Gasteiger partial charge is 0.243 e. The quantitative estimate of drug-likeness (QED) is 0.771. The van der Waals surface area contributed by atoms with Crippen LogP contribution >= 0.6 is 0 Å². The molecule has 0 saturated carbocycles. The number of hydrogen-bond acceptors (Lipinski definition) is 5. The molecular weight excluding hydrogens is 404 g/mol. The second-order valence-electron chi connectivity index (χ2n) is 10.2. The fourth-order valence-electron chi connectivity index (χ4n) is 6.09. The number of nitrogens with zero attached hydrogens (tertiary/aromatic N) is 3. The predicted molar refractivity (Wildman–Crippen MR) is 122 cm³/mol. The van der Waals surface area contributed by atoms with Crippen LogP contribution in [0.2, 0.25) is 0 Å². The largest absolute Gasteiger partial charge is 0.381 e. The Morgan fingerprint density at radius 1 is 1.09 bits per heavy atom. The number of ether oxygens (including phenoxy) is 1. The van der Waals surface area contributed by atoms with Crippen molar-refractivity contribution in [3.05, 3.63) is 35.9 Å². The summed E-state index contributed by atoms with van der Waals surface area (Å²) in [5, 5.41) is 3.35. The third-order valence-corrected chi connectivity index (χ3v) is 8.18. The van der Waals surface area contributed by atoms with Crippen molar-refractivity contribution < 1.29 is 14.3 Å². The minimum Gasteiger partial charge on any atom is -0.381 e. The van der Waals surface area contributed by atoms with Crippen LogP contribution in [0.15, 0.2) is 30.3 Å². The Morgan fingerprint density at radius 3 is 2.53 bits per heavy atom. The summed E-state index contributed by atoms with van der Waals surface area (Å²) in [6, 6.07) is 10.9. The minimum absolute atomic E-state index is 0.0511. The summed E-state index contributed by atoms with van der Waals surface area (Å²) in [6.07, 6.45) is 4.90. The predicted octanol–water partition coefficient (Wildman–Crippen LogP) is 1.62. The Kier molecular flexibility index (Phi) is 6.23. The summed E-state index contributed by atoms with van der Waals surface area (Å²) in [4.78, 5) is 33.3. The maximum Gasteiger partial charge on any atom is 0.243 e. The highest BCUT2D eigenvalue weighted by molar-refractivity contribution is 5.92. The van der Waals surface area contributed by atoms with Gasteiger partial charge in [-0.3, -0.25) is 19.4 Å². The monoisotopic (exact) mass is 440 g/mol. The Hall–Kier alpha value is -1.96. The first-order valence-corrected chi connectivity index (χ1v) is 12.2. The van der Waals surface area contributed by atoms with E-state index in [4.69, 9.17) is 4.74 Å². The zero-order valence-electron chi connectivity index (χ0n) is 19.2. The van der Waals surface area contributed by atoms with E-state index in [0.29, 0.717) is 19.0 Å². The topological polar surface area (TPSA) is 65.1 Å². The van der Waals surface area contributed by atoms with Crippen molar-refractivity contribution in [2.45, 2.75) is 68.7 Å². The van der Waals surface area contributed by atoms with Gasteiger partial charge in [0.05, 0.1) is 12.0 Å². The molecule has 5 rings (SSSR count). The van der Waals surface area contributed by atoms with Crippen LogP contribution in [0.4, 0.5) is 0 Å². The molecule has 2 amide bonds. The van der Waals surface area contributed by atoms with Crippen molar-refractivity contribution >= 4 is 11.8 Å². The average Bonchev–Trinajstić information content (AvgIpc) is 3.24. The van der Waals surface area contributed by atoms with Gasteiger partial charge in [-0.15, -0.1) is 0 Å². The molecule has 7 nitrogen and oxygen atoms in total. The van der Waals surface area contributed by atoms with Gasteiger partial charge in [0.25, 0.3) is 0 Å². The number of hydrogen-bond donors (Lipinski definition) is 1. The highest BCUT2D eigenvalue weighted by Gasteiger charge is 2.49. The molecule has 0 radical (unpaired) electrons. The highest BCUT2D eigenvalue weighted by Crippen LogP contribution is 2.34. The first-order chi connectivity index (χ1) is 15.5. The van der Waals surface area contributed by atoms with Gasteiger partial charge in [-0.2, -0.15) is 0 Å². The van der Waals surface area contributed by atoms with Gasteiger partial charge in [0.2, 0.25) is 11.8 Å². The number of carbonyl (C=O) groups is 2. The molecule has 0 aromatic heterocycles. The van der Waals surface area contributed by atoms with Crippen LogP contribution in [0.5, 0.6) is 0 Å². The number of fused-ring (bicyclic) bond motifs is 1. The van der Waals surface area contributed by atoms with E-state index in [1.807, 2.05) is 11.0 Å². The van der Waals surface area contributed by atoms with E-state index in [1.54, 1.807) is 0 Å². The van der Waals surface area contributed by atoms with Crippen molar-refractivity contribution in [2.24, 2.45) is 0 Å². The summed E-state index contributed by atoms with van der Waals surface area (Å²) < 4.78 is 5.50. The van der Waals surface area contributed by atoms with Crippen molar-refractivity contribution in [1.29, 1.82) is 0 Å². The van der Waals surface area contributed by atoms with Crippen LogP contribution in [0.3, 0.4) is 0 Å². The second-order valence-corrected chi connectivity index (χ2v) is 10.2. The first-order valence-electron chi connectivity index (χ1n) is 12.2. The molecule has 4 aliphatic rings. The van der Waals surface area contributed by atoms with Gasteiger partial charge in [-0.1, -0.05) is 30.3 Å². The van der Waals surface area contributed by atoms with Gasteiger partial charge in [-0.05, 0) is 44.7 Å². The molecule has 174 valence electrons. The molecular formula is C25H36N4O3. The van der Waals surface area contributed by atoms with Crippen LogP contribution in [0.25, 0.3) is 0 Å². The van der Waals surface area contributed by atoms with E-state index >= 15 is 0 Å². The van der Waals surface area contributed by atoms with Gasteiger partial charge >= 0.3 is 0 Å². The highest BCUT2D eigenvalue weighted by atomic mass is 16.5. The third-order valence-electron chi connectivity index (χ3n) is 8.18. The standard InChI is InChI=1S/C25H36N4O3/c1-27(20-7-13-32-14-8-20)21-15-22-24(31)26-25(16-23(30)29(22)18-21)9-11-28(12-10-25)17-19-5-3-2-4-6-19/h2-6,20-22H,7-18H2,1H3,(H,26,31)/t21-,22-/m0/s1. The van der Waals surface area contributed by atoms with Crippen molar-refractivity contribution in [3.63, 3.8) is 0 Å². The zero-order valence-corrected chi connectivity index (χ0v) is 19.2. The Labute approximate surface area is 191 Å². The molecule has 7 heteroatoms. The molecule has 1 spiro atoms. The van der Waals surface area contributed by atoms with Gasteiger partial charge in [0.1, 0.15) is 6.04 Å². The van der Waals surface area contributed by atoms with Crippen molar-refractivity contribution in [2.75, 3.05) is 39.9 Å². The van der Waals surface area contributed by atoms with Crippen LogP contribution in [0, 0.1) is 0 Å².